The molecule has 3 rings (SSSR count). The second-order valence-electron chi connectivity index (χ2n) is 6.04. The normalized spacial score (nSPS) is 15.1. The molecule has 12 heteroatoms. The van der Waals surface area contributed by atoms with Crippen LogP contribution in [-0.4, -0.2) is 49.9 Å². The number of ether oxygens (including phenoxy) is 1. The van der Waals surface area contributed by atoms with Crippen molar-refractivity contribution in [1.82, 2.24) is 4.31 Å². The van der Waals surface area contributed by atoms with E-state index in [1.165, 1.54) is 34.6 Å². The minimum atomic E-state index is -3.82. The molecule has 1 saturated heterocycles. The summed E-state index contributed by atoms with van der Waals surface area (Å²) >= 11 is 11.8. The summed E-state index contributed by atoms with van der Waals surface area (Å²) in [4.78, 5) is 22.9. The fraction of sp³-hybridized carbons (Fsp3) is 0.235. The third-order valence-corrected chi connectivity index (χ3v) is 6.73. The zero-order chi connectivity index (χ0) is 21.2. The molecule has 154 valence electrons. The van der Waals surface area contributed by atoms with Crippen molar-refractivity contribution in [2.45, 2.75) is 4.90 Å². The molecule has 2 aromatic rings. The molecule has 1 aliphatic heterocycles. The molecule has 0 unspecified atom stereocenters. The fourth-order valence-corrected chi connectivity index (χ4v) is 4.53. The predicted molar refractivity (Wildman–Crippen MR) is 107 cm³/mol. The van der Waals surface area contributed by atoms with Crippen LogP contribution in [0, 0.1) is 10.1 Å². The minimum absolute atomic E-state index is 0.0342. The lowest BCUT2D eigenvalue weighted by Gasteiger charge is -2.26. The third kappa shape index (κ3) is 4.68. The number of carbonyl (C=O) groups excluding carboxylic acids is 1. The Bertz CT molecular complexity index is 1070. The summed E-state index contributed by atoms with van der Waals surface area (Å²) in [5.41, 5.74) is -0.346. The van der Waals surface area contributed by atoms with Gasteiger partial charge < -0.3 is 10.1 Å². The molecule has 0 atom stereocenters. The number of nitro groups is 1. The molecule has 1 fully saturated rings. The van der Waals surface area contributed by atoms with Gasteiger partial charge in [-0.3, -0.25) is 14.9 Å². The van der Waals surface area contributed by atoms with Gasteiger partial charge in [0.05, 0.1) is 33.6 Å². The van der Waals surface area contributed by atoms with Crippen molar-refractivity contribution in [2.75, 3.05) is 31.6 Å². The minimum Gasteiger partial charge on any atom is -0.379 e. The molecule has 0 radical (unpaired) electrons. The number of sulfonamides is 1. The molecule has 1 amide bonds. The molecule has 1 aliphatic rings. The topological polar surface area (TPSA) is 119 Å². The van der Waals surface area contributed by atoms with Crippen LogP contribution in [-0.2, 0) is 14.8 Å². The quantitative estimate of drug-likeness (QED) is 0.541. The van der Waals surface area contributed by atoms with Gasteiger partial charge in [0.2, 0.25) is 10.0 Å². The van der Waals surface area contributed by atoms with E-state index in [4.69, 9.17) is 27.9 Å². The average Bonchev–Trinajstić information content (AvgIpc) is 2.70. The molecule has 29 heavy (non-hydrogen) atoms. The number of hydrogen-bond acceptors (Lipinski definition) is 6. The number of carbonyl (C=O) groups is 1. The first-order valence-electron chi connectivity index (χ1n) is 8.33. The Morgan fingerprint density at radius 1 is 1.10 bits per heavy atom. The number of nitro benzene ring substituents is 1. The van der Waals surface area contributed by atoms with Crippen LogP contribution in [0.15, 0.2) is 41.3 Å². The standard InChI is InChI=1S/C17H15Cl2N3O6S/c18-14-4-2-12(29(26,27)21-5-7-28-8-6-21)10-13(14)17(23)20-11-1-3-15(19)16(9-11)22(24)25/h1-4,9-10H,5-8H2,(H,20,23). The second-order valence-corrected chi connectivity index (χ2v) is 8.79. The Labute approximate surface area is 176 Å². The van der Waals surface area contributed by atoms with E-state index < -0.39 is 20.9 Å². The first kappa shape index (κ1) is 21.5. The average molecular weight is 460 g/mol. The lowest BCUT2D eigenvalue weighted by atomic mass is 10.2. The van der Waals surface area contributed by atoms with E-state index in [-0.39, 0.29) is 58.2 Å². The largest absolute Gasteiger partial charge is 0.379 e. The van der Waals surface area contributed by atoms with Crippen LogP contribution in [0.5, 0.6) is 0 Å². The molecule has 1 N–H and O–H groups in total. The van der Waals surface area contributed by atoms with E-state index in [1.807, 2.05) is 0 Å². The molecule has 0 aromatic heterocycles. The van der Waals surface area contributed by atoms with E-state index in [2.05, 4.69) is 5.32 Å². The van der Waals surface area contributed by atoms with Crippen molar-refractivity contribution in [1.29, 1.82) is 0 Å². The van der Waals surface area contributed by atoms with Crippen molar-refractivity contribution >= 4 is 50.5 Å². The van der Waals surface area contributed by atoms with Crippen molar-refractivity contribution in [3.63, 3.8) is 0 Å². The monoisotopic (exact) mass is 459 g/mol. The smallest absolute Gasteiger partial charge is 0.289 e. The maximum atomic E-state index is 12.8. The molecule has 0 spiro atoms. The molecule has 0 bridgehead atoms. The fourth-order valence-electron chi connectivity index (χ4n) is 2.70. The summed E-state index contributed by atoms with van der Waals surface area (Å²) in [5, 5.41) is 13.4. The van der Waals surface area contributed by atoms with Gasteiger partial charge >= 0.3 is 0 Å². The maximum Gasteiger partial charge on any atom is 0.289 e. The second kappa shape index (κ2) is 8.64. The van der Waals surface area contributed by atoms with E-state index in [9.17, 15) is 23.3 Å². The number of nitrogens with one attached hydrogen (secondary N) is 1. The third-order valence-electron chi connectivity index (χ3n) is 4.19. The van der Waals surface area contributed by atoms with Gasteiger partial charge in [-0.25, -0.2) is 8.42 Å². The number of hydrogen-bond donors (Lipinski definition) is 1. The molecule has 1 heterocycles. The van der Waals surface area contributed by atoms with Gasteiger partial charge in [0, 0.05) is 24.8 Å². The number of halogens is 2. The Morgan fingerprint density at radius 3 is 2.41 bits per heavy atom. The number of anilines is 1. The van der Waals surface area contributed by atoms with E-state index in [0.717, 1.165) is 6.07 Å². The first-order valence-corrected chi connectivity index (χ1v) is 10.5. The summed E-state index contributed by atoms with van der Waals surface area (Å²) in [6.07, 6.45) is 0. The van der Waals surface area contributed by atoms with Gasteiger partial charge in [0.25, 0.3) is 11.6 Å². The maximum absolute atomic E-state index is 12.8. The molecular weight excluding hydrogens is 445 g/mol. The van der Waals surface area contributed by atoms with Crippen LogP contribution in [0.25, 0.3) is 0 Å². The number of amides is 1. The number of morpholine rings is 1. The van der Waals surface area contributed by atoms with Crippen LogP contribution >= 0.6 is 23.2 Å². The predicted octanol–water partition coefficient (Wildman–Crippen LogP) is 3.17. The highest BCUT2D eigenvalue weighted by molar-refractivity contribution is 7.89. The van der Waals surface area contributed by atoms with Crippen LogP contribution in [0.4, 0.5) is 11.4 Å². The first-order chi connectivity index (χ1) is 13.7. The van der Waals surface area contributed by atoms with E-state index >= 15 is 0 Å². The highest BCUT2D eigenvalue weighted by atomic mass is 35.5. The number of benzene rings is 2. The van der Waals surface area contributed by atoms with E-state index in [0.29, 0.717) is 0 Å². The molecule has 0 saturated carbocycles. The van der Waals surface area contributed by atoms with Crippen molar-refractivity contribution in [2.24, 2.45) is 0 Å². The van der Waals surface area contributed by atoms with Gasteiger partial charge in [-0.15, -0.1) is 0 Å². The Hall–Kier alpha value is -2.24. The van der Waals surface area contributed by atoms with Crippen molar-refractivity contribution < 1.29 is 22.9 Å². The Morgan fingerprint density at radius 2 is 1.76 bits per heavy atom. The number of nitrogens with zero attached hydrogens (tertiary/aromatic N) is 2. The lowest BCUT2D eigenvalue weighted by molar-refractivity contribution is -0.384. The van der Waals surface area contributed by atoms with Crippen LogP contribution in [0.1, 0.15) is 10.4 Å². The molecule has 2 aromatic carbocycles. The van der Waals surface area contributed by atoms with Gasteiger partial charge in [-0.05, 0) is 30.3 Å². The van der Waals surface area contributed by atoms with Crippen LogP contribution in [0.2, 0.25) is 10.0 Å². The zero-order valence-electron chi connectivity index (χ0n) is 14.8. The van der Waals surface area contributed by atoms with Crippen molar-refractivity contribution in [3.8, 4) is 0 Å². The zero-order valence-corrected chi connectivity index (χ0v) is 17.1. The summed E-state index contributed by atoms with van der Waals surface area (Å²) in [7, 11) is -3.82. The van der Waals surface area contributed by atoms with E-state index in [1.54, 1.807) is 0 Å². The van der Waals surface area contributed by atoms with Crippen LogP contribution < -0.4 is 5.32 Å². The Balaban J connectivity index is 1.89. The SMILES string of the molecule is O=C(Nc1ccc(Cl)c([N+](=O)[O-])c1)c1cc(S(=O)(=O)N2CCOCC2)ccc1Cl. The molecular formula is C17H15Cl2N3O6S. The highest BCUT2D eigenvalue weighted by Gasteiger charge is 2.27. The summed E-state index contributed by atoms with van der Waals surface area (Å²) < 4.78 is 32.0. The van der Waals surface area contributed by atoms with Gasteiger partial charge in [0.1, 0.15) is 5.02 Å². The van der Waals surface area contributed by atoms with Gasteiger partial charge in [-0.2, -0.15) is 4.31 Å². The van der Waals surface area contributed by atoms with Crippen LogP contribution in [0.3, 0.4) is 0 Å². The highest BCUT2D eigenvalue weighted by Crippen LogP contribution is 2.29. The molecule has 0 aliphatic carbocycles. The van der Waals surface area contributed by atoms with Crippen molar-refractivity contribution in [3.05, 3.63) is 62.1 Å². The van der Waals surface area contributed by atoms with Gasteiger partial charge in [-0.1, -0.05) is 23.2 Å². The lowest BCUT2D eigenvalue weighted by Crippen LogP contribution is -2.40. The summed E-state index contributed by atoms with van der Waals surface area (Å²) in [6, 6.07) is 7.56. The summed E-state index contributed by atoms with van der Waals surface area (Å²) in [5.74, 6) is -0.717. The Kier molecular flexibility index (Phi) is 6.39. The summed E-state index contributed by atoms with van der Waals surface area (Å²) in [6.45, 7) is 0.993. The molecule has 9 nitrogen and oxygen atoms in total. The van der Waals surface area contributed by atoms with Gasteiger partial charge in [0.15, 0.2) is 0 Å². The number of rotatable bonds is 5.